The summed E-state index contributed by atoms with van der Waals surface area (Å²) in [7, 11) is 1.57. The van der Waals surface area contributed by atoms with Gasteiger partial charge in [0.2, 0.25) is 5.79 Å². The molecule has 0 spiro atoms. The number of ketones is 2. The molecule has 12 nitrogen and oxygen atoms in total. The topological polar surface area (TPSA) is 186 Å². The van der Waals surface area contributed by atoms with Crippen molar-refractivity contribution in [3.05, 3.63) is 35.5 Å². The van der Waals surface area contributed by atoms with Crippen molar-refractivity contribution in [3.63, 3.8) is 0 Å². The van der Waals surface area contributed by atoms with E-state index in [1.165, 1.54) is 4.90 Å². The number of amides is 1. The monoisotopic (exact) mass is 801 g/mol. The number of ether oxygens (including phenoxy) is 3. The van der Waals surface area contributed by atoms with E-state index in [1.807, 2.05) is 52.0 Å². The maximum absolute atomic E-state index is 14.3. The van der Waals surface area contributed by atoms with Gasteiger partial charge >= 0.3 is 5.97 Å². The molecule has 3 aliphatic heterocycles. The molecule has 0 aromatic heterocycles. The molecule has 1 saturated carbocycles. The number of piperidine rings is 1. The number of methoxy groups -OCH3 is 1. The van der Waals surface area contributed by atoms with E-state index < -0.39 is 71.7 Å². The first-order valence-electron chi connectivity index (χ1n) is 21.5. The number of carbonyl (C=O) groups excluding carboxylic acids is 4. The lowest BCUT2D eigenvalue weighted by molar-refractivity contribution is -0.282. The lowest BCUT2D eigenvalue weighted by Gasteiger charge is -2.46. The van der Waals surface area contributed by atoms with Crippen molar-refractivity contribution in [2.24, 2.45) is 47.2 Å². The van der Waals surface area contributed by atoms with Crippen molar-refractivity contribution in [1.82, 2.24) is 4.90 Å². The van der Waals surface area contributed by atoms with Crippen LogP contribution in [0.1, 0.15) is 119 Å². The molecule has 5 N–H and O–H groups in total. The summed E-state index contributed by atoms with van der Waals surface area (Å²) in [6.45, 7) is 14.0. The number of allylic oxidation sites excluding steroid dienone is 4. The molecule has 1 aliphatic carbocycles. The number of nitrogens with zero attached hydrogens (tertiary/aromatic N) is 1. The molecular weight excluding hydrogens is 728 g/mol. The molecular formula is C45H72N2O10. The Hall–Kier alpha value is -2.74. The van der Waals surface area contributed by atoms with E-state index >= 15 is 0 Å². The van der Waals surface area contributed by atoms with Gasteiger partial charge in [0.05, 0.1) is 24.4 Å². The first kappa shape index (κ1) is 46.9. The van der Waals surface area contributed by atoms with Crippen LogP contribution < -0.4 is 5.73 Å². The van der Waals surface area contributed by atoms with Crippen molar-refractivity contribution in [1.29, 1.82) is 0 Å². The predicted molar refractivity (Wildman–Crippen MR) is 217 cm³/mol. The summed E-state index contributed by atoms with van der Waals surface area (Å²) in [5, 5.41) is 34.2. The maximum atomic E-state index is 14.3. The molecule has 4 rings (SSSR count). The van der Waals surface area contributed by atoms with Gasteiger partial charge in [-0.25, -0.2) is 4.79 Å². The van der Waals surface area contributed by atoms with Crippen molar-refractivity contribution in [2.75, 3.05) is 20.2 Å². The average molecular weight is 801 g/mol. The summed E-state index contributed by atoms with van der Waals surface area (Å²) < 4.78 is 18.2. The number of Topliss-reactive ketones (excluding diaryl/α,β-unsaturated/α-hetero) is 2. The number of aliphatic hydroxyl groups is 3. The fourth-order valence-corrected chi connectivity index (χ4v) is 9.97. The quantitative estimate of drug-likeness (QED) is 0.157. The number of carbonyl (C=O) groups is 4. The zero-order chi connectivity index (χ0) is 42.2. The third kappa shape index (κ3) is 11.7. The minimum absolute atomic E-state index is 0.000234. The summed E-state index contributed by atoms with van der Waals surface area (Å²) in [6, 6.07) is -1.10. The van der Waals surface area contributed by atoms with E-state index in [1.54, 1.807) is 21.0 Å². The third-order valence-electron chi connectivity index (χ3n) is 13.2. The third-order valence-corrected chi connectivity index (χ3v) is 13.2. The molecule has 12 heteroatoms. The lowest BCUT2D eigenvalue weighted by Crippen LogP contribution is -2.62. The van der Waals surface area contributed by atoms with Gasteiger partial charge in [-0.1, -0.05) is 64.5 Å². The molecule has 1 amide bonds. The van der Waals surface area contributed by atoms with Crippen LogP contribution in [-0.4, -0.2) is 106 Å². The number of fused-ring (bicyclic) bond motifs is 3. The molecule has 2 bridgehead atoms. The molecule has 0 radical (unpaired) electrons. The molecule has 322 valence electrons. The summed E-state index contributed by atoms with van der Waals surface area (Å²) >= 11 is 0. The SMILES string of the molecule is CO[C@@H]1C[C@H](/C=C(\C)[C@H]2OC(=O)[C@@H]3CCCCN3C(=O)C(=O)[C@]3(O)O[C@H]([C@@H](C)C[C@@H](C)C/C(C)=C/[C@@H](CC=CCN)C(=O)C[C@H](O)C2C)[C@@H](C)C[C@H]3C)CC[C@H]1O. The first-order valence-corrected chi connectivity index (χ1v) is 21.5. The Labute approximate surface area is 340 Å². The van der Waals surface area contributed by atoms with E-state index in [4.69, 9.17) is 19.9 Å². The summed E-state index contributed by atoms with van der Waals surface area (Å²) in [5.41, 5.74) is 7.43. The van der Waals surface area contributed by atoms with Crippen LogP contribution in [0.4, 0.5) is 0 Å². The van der Waals surface area contributed by atoms with Crippen LogP contribution in [0.5, 0.6) is 0 Å². The highest BCUT2D eigenvalue weighted by molar-refractivity contribution is 6.39. The van der Waals surface area contributed by atoms with Crippen molar-refractivity contribution < 1.29 is 48.7 Å². The molecule has 3 fully saturated rings. The van der Waals surface area contributed by atoms with Gasteiger partial charge in [-0.3, -0.25) is 14.4 Å². The van der Waals surface area contributed by atoms with Crippen molar-refractivity contribution >= 4 is 23.4 Å². The number of nitrogens with two attached hydrogens (primary N) is 1. The minimum atomic E-state index is -2.36. The van der Waals surface area contributed by atoms with Crippen molar-refractivity contribution in [3.8, 4) is 0 Å². The van der Waals surface area contributed by atoms with Gasteiger partial charge in [0.1, 0.15) is 17.9 Å². The Kier molecular flexibility index (Phi) is 17.3. The largest absolute Gasteiger partial charge is 0.456 e. The molecule has 4 aliphatic rings. The van der Waals surface area contributed by atoms with Gasteiger partial charge in [-0.05, 0) is 107 Å². The fraction of sp³-hybridized carbons (Fsp3) is 0.778. The van der Waals surface area contributed by atoms with E-state index in [9.17, 15) is 34.5 Å². The summed E-state index contributed by atoms with van der Waals surface area (Å²) in [4.78, 5) is 57.9. The Morgan fingerprint density at radius 2 is 1.67 bits per heavy atom. The second-order valence-corrected chi connectivity index (χ2v) is 18.1. The number of esters is 1. The van der Waals surface area contributed by atoms with E-state index in [-0.39, 0.29) is 54.9 Å². The molecule has 0 aromatic rings. The van der Waals surface area contributed by atoms with Crippen LogP contribution in [0.15, 0.2) is 35.5 Å². The zero-order valence-electron chi connectivity index (χ0n) is 35.7. The highest BCUT2D eigenvalue weighted by Crippen LogP contribution is 2.42. The lowest BCUT2D eigenvalue weighted by atomic mass is 9.76. The Bertz CT molecular complexity index is 1490. The van der Waals surface area contributed by atoms with Gasteiger partial charge in [-0.15, -0.1) is 0 Å². The highest BCUT2D eigenvalue weighted by Gasteiger charge is 2.55. The van der Waals surface area contributed by atoms with E-state index in [2.05, 4.69) is 6.92 Å². The molecule has 3 heterocycles. The van der Waals surface area contributed by atoms with Crippen LogP contribution >= 0.6 is 0 Å². The van der Waals surface area contributed by atoms with Crippen LogP contribution in [0.2, 0.25) is 0 Å². The number of hydrogen-bond donors (Lipinski definition) is 4. The Balaban J connectivity index is 1.77. The van der Waals surface area contributed by atoms with Crippen LogP contribution in [0.3, 0.4) is 0 Å². The predicted octanol–water partition coefficient (Wildman–Crippen LogP) is 5.21. The molecule has 0 aromatic carbocycles. The molecule has 14 atom stereocenters. The van der Waals surface area contributed by atoms with Crippen LogP contribution in [-0.2, 0) is 33.4 Å². The molecule has 1 unspecified atom stereocenters. The van der Waals surface area contributed by atoms with Crippen molar-refractivity contribution in [2.45, 2.75) is 161 Å². The standard InChI is InChI=1S/C45H72N2O10/c1-26-19-27(2)21-34(13-9-11-17-46)38(50)25-37(49)32(7)41(30(5)23-33-15-16-36(48)39(24-33)55-8)56-44(53)35-14-10-12-18-47(35)43(52)42(51)45(54)31(6)22-29(4)40(57-45)28(3)20-26/h9,11,21,23,26,28-29,31-37,39-41,48-49,54H,10,12-20,22,24-25,46H2,1-8H3/b11-9?,27-21+,30-23+/t26-,28-,29-,31+,32?,33-,34+,35-,36+,37-,39+,40+,41+,45+/m0/s1. The maximum Gasteiger partial charge on any atom is 0.329 e. The molecule has 57 heavy (non-hydrogen) atoms. The van der Waals surface area contributed by atoms with E-state index in [0.717, 1.165) is 12.0 Å². The number of cyclic esters (lactones) is 1. The molecule has 2 saturated heterocycles. The summed E-state index contributed by atoms with van der Waals surface area (Å²) in [5.74, 6) is -7.04. The highest BCUT2D eigenvalue weighted by atomic mass is 16.6. The smallest absolute Gasteiger partial charge is 0.329 e. The minimum Gasteiger partial charge on any atom is -0.456 e. The average Bonchev–Trinajstić information content (AvgIpc) is 3.17. The van der Waals surface area contributed by atoms with Gasteiger partial charge in [0.25, 0.3) is 11.7 Å². The van der Waals surface area contributed by atoms with Gasteiger partial charge in [-0.2, -0.15) is 0 Å². The number of aliphatic hydroxyl groups excluding tert-OH is 2. The van der Waals surface area contributed by atoms with Gasteiger partial charge in [0, 0.05) is 44.4 Å². The van der Waals surface area contributed by atoms with Crippen LogP contribution in [0, 0.1) is 41.4 Å². The summed E-state index contributed by atoms with van der Waals surface area (Å²) in [6.07, 6.45) is 9.49. The van der Waals surface area contributed by atoms with Gasteiger partial charge < -0.3 is 40.2 Å². The van der Waals surface area contributed by atoms with Gasteiger partial charge in [0.15, 0.2) is 0 Å². The number of hydrogen-bond acceptors (Lipinski definition) is 11. The second-order valence-electron chi connectivity index (χ2n) is 18.1. The second kappa shape index (κ2) is 21.0. The zero-order valence-corrected chi connectivity index (χ0v) is 35.7. The van der Waals surface area contributed by atoms with Crippen LogP contribution in [0.25, 0.3) is 0 Å². The normalized spacial score (nSPS) is 41.2. The first-order chi connectivity index (χ1) is 26.9. The Morgan fingerprint density at radius 3 is 2.35 bits per heavy atom. The fourth-order valence-electron chi connectivity index (χ4n) is 9.97. The number of rotatable bonds is 6. The van der Waals surface area contributed by atoms with E-state index in [0.29, 0.717) is 63.5 Å². The Morgan fingerprint density at radius 1 is 0.965 bits per heavy atom.